The lowest BCUT2D eigenvalue weighted by Gasteiger charge is -2.23. The van der Waals surface area contributed by atoms with Crippen LogP contribution in [0.5, 0.6) is 0 Å². The molecule has 0 bridgehead atoms. The van der Waals surface area contributed by atoms with Gasteiger partial charge in [0.15, 0.2) is 5.13 Å². The van der Waals surface area contributed by atoms with E-state index in [1.807, 2.05) is 42.6 Å². The van der Waals surface area contributed by atoms with Gasteiger partial charge in [-0.25, -0.2) is 4.98 Å². The molecular weight excluding hydrogens is 332 g/mol. The molecule has 1 atom stereocenters. The summed E-state index contributed by atoms with van der Waals surface area (Å²) in [4.78, 5) is 23.6. The second-order valence-electron chi connectivity index (χ2n) is 6.23. The molecule has 2 aromatic heterocycles. The van der Waals surface area contributed by atoms with E-state index in [0.717, 1.165) is 41.8 Å². The van der Waals surface area contributed by atoms with Gasteiger partial charge in [0, 0.05) is 19.2 Å². The number of para-hydroxylation sites is 1. The highest BCUT2D eigenvalue weighted by molar-refractivity contribution is 7.22. The number of carbonyl (C=O) groups is 1. The maximum absolute atomic E-state index is 12.3. The Labute approximate surface area is 150 Å². The van der Waals surface area contributed by atoms with E-state index in [0.29, 0.717) is 17.6 Å². The van der Waals surface area contributed by atoms with Crippen molar-refractivity contribution in [3.8, 4) is 0 Å². The molecule has 4 rings (SSSR count). The Morgan fingerprint density at radius 3 is 2.96 bits per heavy atom. The third-order valence-electron chi connectivity index (χ3n) is 4.56. The molecule has 3 aromatic rings. The van der Waals surface area contributed by atoms with E-state index in [4.69, 9.17) is 0 Å². The SMILES string of the molecule is O=C(CCN1CCCC1c1ccccn1)Nc1nc2ccccc2s1. The number of amides is 1. The van der Waals surface area contributed by atoms with Crippen molar-refractivity contribution in [2.24, 2.45) is 0 Å². The predicted molar refractivity (Wildman–Crippen MR) is 101 cm³/mol. The van der Waals surface area contributed by atoms with Crippen LogP contribution in [0, 0.1) is 0 Å². The first-order valence-electron chi connectivity index (χ1n) is 8.60. The molecule has 1 fully saturated rings. The van der Waals surface area contributed by atoms with Crippen LogP contribution in [-0.4, -0.2) is 33.9 Å². The van der Waals surface area contributed by atoms with Crippen molar-refractivity contribution in [2.75, 3.05) is 18.4 Å². The van der Waals surface area contributed by atoms with Gasteiger partial charge in [-0.2, -0.15) is 0 Å². The number of carbonyl (C=O) groups excluding carboxylic acids is 1. The second kappa shape index (κ2) is 7.29. The number of nitrogens with one attached hydrogen (secondary N) is 1. The molecule has 1 amide bonds. The van der Waals surface area contributed by atoms with Crippen molar-refractivity contribution in [2.45, 2.75) is 25.3 Å². The topological polar surface area (TPSA) is 58.1 Å². The highest BCUT2D eigenvalue weighted by Gasteiger charge is 2.27. The zero-order valence-electron chi connectivity index (χ0n) is 13.9. The Kier molecular flexibility index (Phi) is 4.72. The molecule has 1 unspecified atom stereocenters. The predicted octanol–water partition coefficient (Wildman–Crippen LogP) is 3.86. The van der Waals surface area contributed by atoms with Crippen LogP contribution >= 0.6 is 11.3 Å². The monoisotopic (exact) mass is 352 g/mol. The van der Waals surface area contributed by atoms with Crippen molar-refractivity contribution >= 4 is 32.6 Å². The molecular formula is C19H20N4OS. The van der Waals surface area contributed by atoms with Gasteiger partial charge in [0.1, 0.15) is 0 Å². The molecule has 0 spiro atoms. The maximum Gasteiger partial charge on any atom is 0.227 e. The highest BCUT2D eigenvalue weighted by Crippen LogP contribution is 2.30. The Morgan fingerprint density at radius 1 is 1.24 bits per heavy atom. The summed E-state index contributed by atoms with van der Waals surface area (Å²) in [5.41, 5.74) is 2.03. The number of rotatable bonds is 5. The molecule has 3 heterocycles. The van der Waals surface area contributed by atoms with Gasteiger partial charge in [0.25, 0.3) is 0 Å². The number of aromatic nitrogens is 2. The molecule has 1 aliphatic rings. The van der Waals surface area contributed by atoms with Crippen LogP contribution in [0.25, 0.3) is 10.2 Å². The van der Waals surface area contributed by atoms with Crippen molar-refractivity contribution in [1.82, 2.24) is 14.9 Å². The quantitative estimate of drug-likeness (QED) is 0.757. The van der Waals surface area contributed by atoms with Crippen LogP contribution in [0.15, 0.2) is 48.7 Å². The van der Waals surface area contributed by atoms with Crippen LogP contribution in [0.3, 0.4) is 0 Å². The molecule has 0 radical (unpaired) electrons. The van der Waals surface area contributed by atoms with E-state index in [2.05, 4.69) is 26.3 Å². The molecule has 1 aliphatic heterocycles. The van der Waals surface area contributed by atoms with Crippen LogP contribution in [-0.2, 0) is 4.79 Å². The summed E-state index contributed by atoms with van der Waals surface area (Å²) in [6, 6.07) is 14.3. The minimum Gasteiger partial charge on any atom is -0.302 e. The number of hydrogen-bond acceptors (Lipinski definition) is 5. The molecule has 25 heavy (non-hydrogen) atoms. The minimum absolute atomic E-state index is 0.0192. The van der Waals surface area contributed by atoms with E-state index in [-0.39, 0.29) is 5.91 Å². The lowest BCUT2D eigenvalue weighted by atomic mass is 10.1. The average molecular weight is 352 g/mol. The summed E-state index contributed by atoms with van der Waals surface area (Å²) in [6.07, 6.45) is 4.57. The second-order valence-corrected chi connectivity index (χ2v) is 7.26. The number of benzene rings is 1. The first-order chi connectivity index (χ1) is 12.3. The number of anilines is 1. The van der Waals surface area contributed by atoms with Gasteiger partial charge in [-0.3, -0.25) is 14.7 Å². The van der Waals surface area contributed by atoms with Crippen LogP contribution < -0.4 is 5.32 Å². The van der Waals surface area contributed by atoms with Crippen molar-refractivity contribution in [1.29, 1.82) is 0 Å². The number of hydrogen-bond donors (Lipinski definition) is 1. The number of likely N-dealkylation sites (tertiary alicyclic amines) is 1. The standard InChI is InChI=1S/C19H20N4OS/c24-18(22-19-21-15-7-1-2-9-17(15)25-19)10-13-23-12-5-8-16(23)14-6-3-4-11-20-14/h1-4,6-7,9,11,16H,5,8,10,12-13H2,(H,21,22,24). The van der Waals surface area contributed by atoms with Crippen LogP contribution in [0.2, 0.25) is 0 Å². The molecule has 128 valence electrons. The minimum atomic E-state index is 0.0192. The lowest BCUT2D eigenvalue weighted by molar-refractivity contribution is -0.116. The summed E-state index contributed by atoms with van der Waals surface area (Å²) < 4.78 is 1.09. The molecule has 1 N–H and O–H groups in total. The van der Waals surface area contributed by atoms with Crippen molar-refractivity contribution < 1.29 is 4.79 Å². The number of nitrogens with zero attached hydrogens (tertiary/aromatic N) is 3. The Morgan fingerprint density at radius 2 is 2.12 bits per heavy atom. The molecule has 1 aromatic carbocycles. The first-order valence-corrected chi connectivity index (χ1v) is 9.42. The van der Waals surface area contributed by atoms with Crippen LogP contribution in [0.1, 0.15) is 31.0 Å². The largest absolute Gasteiger partial charge is 0.302 e. The van der Waals surface area contributed by atoms with Gasteiger partial charge in [0.05, 0.1) is 22.0 Å². The lowest BCUT2D eigenvalue weighted by Crippen LogP contribution is -2.28. The Hall–Kier alpha value is -2.31. The number of fused-ring (bicyclic) bond motifs is 1. The third kappa shape index (κ3) is 3.70. The third-order valence-corrected chi connectivity index (χ3v) is 5.51. The summed E-state index contributed by atoms with van der Waals surface area (Å²) in [7, 11) is 0. The normalized spacial score (nSPS) is 17.8. The average Bonchev–Trinajstić information content (AvgIpc) is 3.26. The molecule has 1 saturated heterocycles. The van der Waals surface area contributed by atoms with Crippen LogP contribution in [0.4, 0.5) is 5.13 Å². The van der Waals surface area contributed by atoms with E-state index in [1.54, 1.807) is 0 Å². The summed E-state index contributed by atoms with van der Waals surface area (Å²) in [6.45, 7) is 1.77. The van der Waals surface area contributed by atoms with Gasteiger partial charge < -0.3 is 5.32 Å². The smallest absolute Gasteiger partial charge is 0.227 e. The van der Waals surface area contributed by atoms with Crippen molar-refractivity contribution in [3.05, 3.63) is 54.4 Å². The zero-order chi connectivity index (χ0) is 17.1. The van der Waals surface area contributed by atoms with Gasteiger partial charge in [-0.15, -0.1) is 0 Å². The van der Waals surface area contributed by atoms with Gasteiger partial charge in [-0.05, 0) is 43.7 Å². The summed E-state index contributed by atoms with van der Waals surface area (Å²) >= 11 is 1.51. The summed E-state index contributed by atoms with van der Waals surface area (Å²) in [5, 5.41) is 3.61. The maximum atomic E-state index is 12.3. The fourth-order valence-corrected chi connectivity index (χ4v) is 4.24. The fraction of sp³-hybridized carbons (Fsp3) is 0.316. The number of pyridine rings is 1. The zero-order valence-corrected chi connectivity index (χ0v) is 14.7. The van der Waals surface area contributed by atoms with Gasteiger partial charge in [0.2, 0.25) is 5.91 Å². The van der Waals surface area contributed by atoms with E-state index in [9.17, 15) is 4.79 Å². The Balaban J connectivity index is 1.35. The van der Waals surface area contributed by atoms with Gasteiger partial charge in [-0.1, -0.05) is 29.5 Å². The molecule has 5 nitrogen and oxygen atoms in total. The first kappa shape index (κ1) is 16.2. The van der Waals surface area contributed by atoms with E-state index < -0.39 is 0 Å². The van der Waals surface area contributed by atoms with Crippen molar-refractivity contribution in [3.63, 3.8) is 0 Å². The van der Waals surface area contributed by atoms with E-state index in [1.165, 1.54) is 11.3 Å². The summed E-state index contributed by atoms with van der Waals surface area (Å²) in [5.74, 6) is 0.0192. The molecule has 0 saturated carbocycles. The highest BCUT2D eigenvalue weighted by atomic mass is 32.1. The van der Waals surface area contributed by atoms with Gasteiger partial charge >= 0.3 is 0 Å². The number of thiazole rings is 1. The molecule has 0 aliphatic carbocycles. The Bertz CT molecular complexity index is 831. The molecule has 6 heteroatoms. The van der Waals surface area contributed by atoms with E-state index >= 15 is 0 Å². The fourth-order valence-electron chi connectivity index (χ4n) is 3.35.